The van der Waals surface area contributed by atoms with E-state index in [4.69, 9.17) is 16.3 Å². The molecule has 0 saturated carbocycles. The molecule has 6 heteroatoms. The Balaban J connectivity index is 2.08. The van der Waals surface area contributed by atoms with Crippen LogP contribution >= 0.6 is 22.9 Å². The van der Waals surface area contributed by atoms with Crippen LogP contribution in [-0.2, 0) is 4.74 Å². The molecule has 0 N–H and O–H groups in total. The molecule has 0 atom stereocenters. The molecule has 0 radical (unpaired) electrons. The summed E-state index contributed by atoms with van der Waals surface area (Å²) in [6.07, 6.45) is 2.21. The predicted molar refractivity (Wildman–Crippen MR) is 123 cm³/mol. The number of nitrogens with zero attached hydrogens (tertiary/aromatic N) is 1. The molecule has 0 bridgehead atoms. The molecule has 1 aliphatic heterocycles. The lowest BCUT2D eigenvalue weighted by Crippen LogP contribution is -2.44. The van der Waals surface area contributed by atoms with E-state index in [1.54, 1.807) is 17.0 Å². The Hall–Kier alpha value is -2.13. The fraction of sp³-hybridized carbons (Fsp3) is 0.417. The minimum Gasteiger partial charge on any atom is -0.381 e. The second-order valence-electron chi connectivity index (χ2n) is 8.48. The summed E-state index contributed by atoms with van der Waals surface area (Å²) < 4.78 is 5.50. The topological polar surface area (TPSA) is 46.6 Å². The first kappa shape index (κ1) is 22.6. The number of carbonyl (C=O) groups excluding carboxylic acids is 2. The summed E-state index contributed by atoms with van der Waals surface area (Å²) in [7, 11) is 0. The van der Waals surface area contributed by atoms with Gasteiger partial charge in [-0.15, -0.1) is 11.3 Å². The van der Waals surface area contributed by atoms with Crippen molar-refractivity contribution >= 4 is 40.8 Å². The van der Waals surface area contributed by atoms with Gasteiger partial charge in [0.2, 0.25) is 0 Å². The zero-order chi connectivity index (χ0) is 21.9. The Labute approximate surface area is 187 Å². The first-order valence-corrected chi connectivity index (χ1v) is 11.2. The lowest BCUT2D eigenvalue weighted by Gasteiger charge is -2.34. The predicted octanol–water partition coefficient (Wildman–Crippen LogP) is 5.75. The van der Waals surface area contributed by atoms with Crippen molar-refractivity contribution in [3.05, 3.63) is 50.2 Å². The summed E-state index contributed by atoms with van der Waals surface area (Å²) >= 11 is 7.72. The number of aldehydes is 1. The Bertz CT molecular complexity index is 1000. The third-order valence-electron chi connectivity index (χ3n) is 4.80. The monoisotopic (exact) mass is 443 g/mol. The summed E-state index contributed by atoms with van der Waals surface area (Å²) in [5, 5.41) is 0.410. The van der Waals surface area contributed by atoms with Gasteiger partial charge in [0.1, 0.15) is 0 Å². The van der Waals surface area contributed by atoms with Gasteiger partial charge in [0.15, 0.2) is 6.29 Å². The Kier molecular flexibility index (Phi) is 7.02. The van der Waals surface area contributed by atoms with E-state index in [1.165, 1.54) is 11.3 Å². The van der Waals surface area contributed by atoms with E-state index in [-0.39, 0.29) is 17.4 Å². The second kappa shape index (κ2) is 9.34. The molecule has 3 rings (SSSR count). The zero-order valence-electron chi connectivity index (χ0n) is 17.8. The summed E-state index contributed by atoms with van der Waals surface area (Å²) in [5.74, 6) is 6.15. The van der Waals surface area contributed by atoms with Crippen LogP contribution in [0.15, 0.2) is 24.3 Å². The Morgan fingerprint density at radius 3 is 2.57 bits per heavy atom. The molecular weight excluding hydrogens is 418 g/mol. The van der Waals surface area contributed by atoms with Crippen LogP contribution in [0.25, 0.3) is 0 Å². The standard InChI is InChI=1S/C24H26ClNO3S/c1-16-5-6-19(20(25)13-16)23(28)26(17-8-11-29-12-9-17)21-14-18(30-22(21)15-27)7-10-24(2,3)4/h5-6,13-15,17H,8-9,11-12H2,1-4H3. The third kappa shape index (κ3) is 5.31. The van der Waals surface area contributed by atoms with Gasteiger partial charge in [-0.05, 0) is 64.3 Å². The van der Waals surface area contributed by atoms with Crippen LogP contribution in [0.5, 0.6) is 0 Å². The average Bonchev–Trinajstić information content (AvgIpc) is 3.10. The quantitative estimate of drug-likeness (QED) is 0.446. The van der Waals surface area contributed by atoms with E-state index < -0.39 is 0 Å². The highest BCUT2D eigenvalue weighted by molar-refractivity contribution is 7.14. The SMILES string of the molecule is Cc1ccc(C(=O)N(c2cc(C#CC(C)(C)C)sc2C=O)C2CCOCC2)c(Cl)c1. The normalized spacial score (nSPS) is 14.7. The number of amides is 1. The highest BCUT2D eigenvalue weighted by atomic mass is 35.5. The number of benzene rings is 1. The van der Waals surface area contributed by atoms with Crippen LogP contribution in [0.4, 0.5) is 5.69 Å². The minimum absolute atomic E-state index is 0.0691. The first-order valence-electron chi connectivity index (χ1n) is 9.99. The van der Waals surface area contributed by atoms with E-state index in [2.05, 4.69) is 11.8 Å². The molecule has 1 aliphatic rings. The molecule has 2 heterocycles. The average molecular weight is 444 g/mol. The zero-order valence-corrected chi connectivity index (χ0v) is 19.3. The van der Waals surface area contributed by atoms with E-state index >= 15 is 0 Å². The maximum Gasteiger partial charge on any atom is 0.260 e. The van der Waals surface area contributed by atoms with Gasteiger partial charge in [0.05, 0.1) is 26.0 Å². The molecule has 1 aromatic carbocycles. The molecule has 4 nitrogen and oxygen atoms in total. The van der Waals surface area contributed by atoms with Crippen molar-refractivity contribution in [3.63, 3.8) is 0 Å². The van der Waals surface area contributed by atoms with Gasteiger partial charge in [0, 0.05) is 24.7 Å². The van der Waals surface area contributed by atoms with Gasteiger partial charge in [-0.3, -0.25) is 9.59 Å². The van der Waals surface area contributed by atoms with Crippen LogP contribution < -0.4 is 4.90 Å². The van der Waals surface area contributed by atoms with Gasteiger partial charge in [0.25, 0.3) is 5.91 Å². The maximum atomic E-state index is 13.6. The van der Waals surface area contributed by atoms with Crippen molar-refractivity contribution in [2.24, 2.45) is 5.41 Å². The Morgan fingerprint density at radius 1 is 1.27 bits per heavy atom. The summed E-state index contributed by atoms with van der Waals surface area (Å²) in [4.78, 5) is 28.5. The van der Waals surface area contributed by atoms with Crippen molar-refractivity contribution in [1.82, 2.24) is 0 Å². The molecule has 0 spiro atoms. The van der Waals surface area contributed by atoms with E-state index in [1.807, 2.05) is 39.8 Å². The first-order chi connectivity index (χ1) is 14.2. The number of hydrogen-bond acceptors (Lipinski definition) is 4. The molecule has 30 heavy (non-hydrogen) atoms. The summed E-state index contributed by atoms with van der Waals surface area (Å²) in [5.41, 5.74) is 1.86. The van der Waals surface area contributed by atoms with Crippen LogP contribution in [0.1, 0.15) is 64.1 Å². The molecule has 1 aromatic heterocycles. The van der Waals surface area contributed by atoms with Crippen LogP contribution in [0, 0.1) is 24.2 Å². The van der Waals surface area contributed by atoms with Gasteiger partial charge in [-0.1, -0.05) is 29.5 Å². The lowest BCUT2D eigenvalue weighted by molar-refractivity contribution is 0.0772. The molecule has 1 fully saturated rings. The molecule has 2 aromatic rings. The number of anilines is 1. The number of aryl methyl sites for hydroxylation is 1. The van der Waals surface area contributed by atoms with Gasteiger partial charge >= 0.3 is 0 Å². The smallest absolute Gasteiger partial charge is 0.260 e. The van der Waals surface area contributed by atoms with E-state index in [0.717, 1.165) is 16.7 Å². The van der Waals surface area contributed by atoms with Gasteiger partial charge in [-0.2, -0.15) is 0 Å². The van der Waals surface area contributed by atoms with Crippen LogP contribution in [0.2, 0.25) is 5.02 Å². The third-order valence-corrected chi connectivity index (χ3v) is 6.08. The van der Waals surface area contributed by atoms with E-state index in [9.17, 15) is 9.59 Å². The Morgan fingerprint density at radius 2 is 1.97 bits per heavy atom. The number of rotatable bonds is 4. The number of thiophene rings is 1. The van der Waals surface area contributed by atoms with Crippen molar-refractivity contribution in [1.29, 1.82) is 0 Å². The molecule has 158 valence electrons. The molecule has 1 saturated heterocycles. The molecule has 1 amide bonds. The molecule has 0 aliphatic carbocycles. The number of carbonyl (C=O) groups is 2. The summed E-state index contributed by atoms with van der Waals surface area (Å²) in [6, 6.07) is 7.18. The summed E-state index contributed by atoms with van der Waals surface area (Å²) in [6.45, 7) is 9.19. The fourth-order valence-electron chi connectivity index (χ4n) is 3.32. The minimum atomic E-state index is -0.205. The fourth-order valence-corrected chi connectivity index (χ4v) is 4.45. The number of hydrogen-bond donors (Lipinski definition) is 0. The highest BCUT2D eigenvalue weighted by Gasteiger charge is 2.31. The second-order valence-corrected chi connectivity index (χ2v) is 9.97. The van der Waals surface area contributed by atoms with Crippen molar-refractivity contribution in [2.75, 3.05) is 18.1 Å². The molecule has 0 unspecified atom stereocenters. The van der Waals surface area contributed by atoms with Gasteiger partial charge < -0.3 is 9.64 Å². The maximum absolute atomic E-state index is 13.6. The highest BCUT2D eigenvalue weighted by Crippen LogP contribution is 2.34. The lowest BCUT2D eigenvalue weighted by atomic mass is 9.98. The van der Waals surface area contributed by atoms with E-state index in [0.29, 0.717) is 47.2 Å². The van der Waals surface area contributed by atoms with Crippen molar-refractivity contribution in [3.8, 4) is 11.8 Å². The van der Waals surface area contributed by atoms with Crippen molar-refractivity contribution < 1.29 is 14.3 Å². The largest absolute Gasteiger partial charge is 0.381 e. The van der Waals surface area contributed by atoms with Crippen molar-refractivity contribution in [2.45, 2.75) is 46.6 Å². The number of ether oxygens (including phenoxy) is 1. The van der Waals surface area contributed by atoms with Crippen LogP contribution in [0.3, 0.4) is 0 Å². The number of halogens is 1. The van der Waals surface area contributed by atoms with Crippen LogP contribution in [-0.4, -0.2) is 31.4 Å². The van der Waals surface area contributed by atoms with Gasteiger partial charge in [-0.25, -0.2) is 0 Å². The molecular formula is C24H26ClNO3S.